The number of hydrogen-bond acceptors (Lipinski definition) is 5. The maximum Gasteiger partial charge on any atom is 0.232 e. The third-order valence-electron chi connectivity index (χ3n) is 3.81. The third kappa shape index (κ3) is 5.75. The summed E-state index contributed by atoms with van der Waals surface area (Å²) in [7, 11) is 1.68. The summed E-state index contributed by atoms with van der Waals surface area (Å²) in [6.07, 6.45) is 4.49. The van der Waals surface area contributed by atoms with E-state index in [9.17, 15) is 0 Å². The Morgan fingerprint density at radius 3 is 3.04 bits per heavy atom. The minimum atomic E-state index is 0.414. The van der Waals surface area contributed by atoms with E-state index in [1.807, 2.05) is 6.07 Å². The first kappa shape index (κ1) is 18.2. The Kier molecular flexibility index (Phi) is 7.26. The number of anilines is 2. The molecule has 2 N–H and O–H groups in total. The molecule has 0 radical (unpaired) electrons. The molecule has 1 saturated heterocycles. The molecule has 0 bridgehead atoms. The molecule has 23 heavy (non-hydrogen) atoms. The van der Waals surface area contributed by atoms with E-state index in [1.165, 1.54) is 19.3 Å². The van der Waals surface area contributed by atoms with Crippen molar-refractivity contribution < 1.29 is 4.74 Å². The van der Waals surface area contributed by atoms with Crippen LogP contribution < -0.4 is 15.5 Å². The number of thiocarbonyl (C=S) groups is 1. The molecule has 1 aromatic rings. The molecular formula is C15H24ClN5OS. The van der Waals surface area contributed by atoms with Gasteiger partial charge in [0.15, 0.2) is 5.11 Å². The Bertz CT molecular complexity index is 531. The predicted octanol–water partition coefficient (Wildman–Crippen LogP) is 2.83. The van der Waals surface area contributed by atoms with Gasteiger partial charge in [0.25, 0.3) is 0 Å². The number of methoxy groups -OCH3 is 1. The van der Waals surface area contributed by atoms with Crippen LogP contribution in [0.5, 0.6) is 0 Å². The van der Waals surface area contributed by atoms with E-state index in [-0.39, 0.29) is 0 Å². The lowest BCUT2D eigenvalue weighted by atomic mass is 10.0. The Morgan fingerprint density at radius 1 is 1.48 bits per heavy atom. The van der Waals surface area contributed by atoms with Gasteiger partial charge in [-0.25, -0.2) is 4.98 Å². The summed E-state index contributed by atoms with van der Waals surface area (Å²) in [4.78, 5) is 11.0. The van der Waals surface area contributed by atoms with E-state index in [2.05, 4.69) is 32.4 Å². The monoisotopic (exact) mass is 357 g/mol. The van der Waals surface area contributed by atoms with Crippen molar-refractivity contribution in [3.05, 3.63) is 11.2 Å². The van der Waals surface area contributed by atoms with Gasteiger partial charge < -0.3 is 20.3 Å². The molecule has 128 valence electrons. The fraction of sp³-hybridized carbons (Fsp3) is 0.667. The summed E-state index contributed by atoms with van der Waals surface area (Å²) in [6.45, 7) is 4.63. The van der Waals surface area contributed by atoms with E-state index >= 15 is 0 Å². The summed E-state index contributed by atoms with van der Waals surface area (Å²) in [5.74, 6) is 1.27. The third-order valence-corrected chi connectivity index (χ3v) is 4.25. The minimum Gasteiger partial charge on any atom is -0.385 e. The molecule has 1 aliphatic heterocycles. The van der Waals surface area contributed by atoms with Gasteiger partial charge in [0.2, 0.25) is 5.95 Å². The van der Waals surface area contributed by atoms with Crippen LogP contribution in [0.1, 0.15) is 32.6 Å². The smallest absolute Gasteiger partial charge is 0.232 e. The predicted molar refractivity (Wildman–Crippen MR) is 98.4 cm³/mol. The maximum atomic E-state index is 6.15. The highest BCUT2D eigenvalue weighted by molar-refractivity contribution is 7.80. The normalized spacial score (nSPS) is 17.9. The van der Waals surface area contributed by atoms with Crippen molar-refractivity contribution in [2.75, 3.05) is 37.0 Å². The van der Waals surface area contributed by atoms with Crippen LogP contribution in [0.3, 0.4) is 0 Å². The van der Waals surface area contributed by atoms with Crippen LogP contribution in [0.4, 0.5) is 11.8 Å². The van der Waals surface area contributed by atoms with Gasteiger partial charge in [0.1, 0.15) is 11.0 Å². The fourth-order valence-corrected chi connectivity index (χ4v) is 2.98. The SMILES string of the molecule is COCCCNC(=S)Nc1nc(Cl)cc(N2CCCC[C@@H]2C)n1. The first-order chi connectivity index (χ1) is 11.1. The Morgan fingerprint density at radius 2 is 2.30 bits per heavy atom. The van der Waals surface area contributed by atoms with Gasteiger partial charge in [-0.3, -0.25) is 0 Å². The zero-order chi connectivity index (χ0) is 16.7. The number of nitrogens with zero attached hydrogens (tertiary/aromatic N) is 3. The Labute approximate surface area is 148 Å². The number of halogens is 1. The number of hydrogen-bond donors (Lipinski definition) is 2. The van der Waals surface area contributed by atoms with Gasteiger partial charge in [-0.05, 0) is 44.8 Å². The van der Waals surface area contributed by atoms with Crippen LogP contribution in [-0.4, -0.2) is 47.9 Å². The quantitative estimate of drug-likeness (QED) is 0.461. The molecule has 2 heterocycles. The zero-order valence-electron chi connectivity index (χ0n) is 13.6. The van der Waals surface area contributed by atoms with E-state index in [0.717, 1.165) is 25.3 Å². The zero-order valence-corrected chi connectivity index (χ0v) is 15.2. The van der Waals surface area contributed by atoms with Crippen molar-refractivity contribution >= 4 is 40.7 Å². The van der Waals surface area contributed by atoms with Crippen molar-refractivity contribution in [2.24, 2.45) is 0 Å². The van der Waals surface area contributed by atoms with Gasteiger partial charge in [-0.15, -0.1) is 0 Å². The van der Waals surface area contributed by atoms with Gasteiger partial charge >= 0.3 is 0 Å². The first-order valence-corrected chi connectivity index (χ1v) is 8.74. The van der Waals surface area contributed by atoms with Gasteiger partial charge in [-0.1, -0.05) is 11.6 Å². The molecule has 0 aromatic carbocycles. The molecule has 0 aliphatic carbocycles. The second-order valence-corrected chi connectivity index (χ2v) is 6.43. The molecule has 8 heteroatoms. The molecule has 1 aromatic heterocycles. The van der Waals surface area contributed by atoms with Crippen molar-refractivity contribution in [1.29, 1.82) is 0 Å². The van der Waals surface area contributed by atoms with E-state index in [1.54, 1.807) is 7.11 Å². The summed E-state index contributed by atoms with van der Waals surface area (Å²) < 4.78 is 5.00. The van der Waals surface area contributed by atoms with Crippen LogP contribution in [0, 0.1) is 0 Å². The van der Waals surface area contributed by atoms with Crippen LogP contribution in [-0.2, 0) is 4.74 Å². The number of piperidine rings is 1. The van der Waals surface area contributed by atoms with Crippen LogP contribution in [0.25, 0.3) is 0 Å². The number of aromatic nitrogens is 2. The molecule has 1 aliphatic rings. The van der Waals surface area contributed by atoms with Crippen molar-refractivity contribution in [3.8, 4) is 0 Å². The number of nitrogens with one attached hydrogen (secondary N) is 2. The fourth-order valence-electron chi connectivity index (χ4n) is 2.61. The second-order valence-electron chi connectivity index (χ2n) is 5.64. The molecule has 0 unspecified atom stereocenters. The lowest BCUT2D eigenvalue weighted by molar-refractivity contribution is 0.196. The summed E-state index contributed by atoms with van der Waals surface area (Å²) >= 11 is 11.4. The molecule has 1 fully saturated rings. The standard InChI is InChI=1S/C15H24ClN5OS/c1-11-6-3-4-8-21(11)13-10-12(16)18-14(19-13)20-15(23)17-7-5-9-22-2/h10-11H,3-9H2,1-2H3,(H2,17,18,19,20,23)/t11-/m0/s1. The van der Waals surface area contributed by atoms with Gasteiger partial charge in [0.05, 0.1) is 0 Å². The van der Waals surface area contributed by atoms with E-state index in [4.69, 9.17) is 28.6 Å². The number of rotatable bonds is 6. The van der Waals surface area contributed by atoms with Crippen molar-refractivity contribution in [3.63, 3.8) is 0 Å². The summed E-state index contributed by atoms with van der Waals surface area (Å²) in [6, 6.07) is 2.27. The molecule has 0 spiro atoms. The topological polar surface area (TPSA) is 62.3 Å². The lowest BCUT2D eigenvalue weighted by Gasteiger charge is -2.34. The van der Waals surface area contributed by atoms with Gasteiger partial charge in [-0.2, -0.15) is 4.98 Å². The summed E-state index contributed by atoms with van der Waals surface area (Å²) in [5, 5.41) is 7.00. The Balaban J connectivity index is 1.98. The average Bonchev–Trinajstić information content (AvgIpc) is 2.51. The number of ether oxygens (including phenoxy) is 1. The van der Waals surface area contributed by atoms with Crippen molar-refractivity contribution in [1.82, 2.24) is 15.3 Å². The van der Waals surface area contributed by atoms with Crippen LogP contribution >= 0.6 is 23.8 Å². The molecule has 2 rings (SSSR count). The highest BCUT2D eigenvalue weighted by Gasteiger charge is 2.20. The molecule has 0 saturated carbocycles. The first-order valence-electron chi connectivity index (χ1n) is 7.95. The largest absolute Gasteiger partial charge is 0.385 e. The van der Waals surface area contributed by atoms with E-state index in [0.29, 0.717) is 28.9 Å². The molecule has 1 atom stereocenters. The Hall–Kier alpha value is -1.18. The summed E-state index contributed by atoms with van der Waals surface area (Å²) in [5.41, 5.74) is 0. The maximum absolute atomic E-state index is 6.15. The van der Waals surface area contributed by atoms with E-state index < -0.39 is 0 Å². The van der Waals surface area contributed by atoms with Crippen LogP contribution in [0.15, 0.2) is 6.07 Å². The highest BCUT2D eigenvalue weighted by Crippen LogP contribution is 2.25. The minimum absolute atomic E-state index is 0.414. The average molecular weight is 358 g/mol. The lowest BCUT2D eigenvalue weighted by Crippen LogP contribution is -2.38. The molecule has 6 nitrogen and oxygen atoms in total. The molecular weight excluding hydrogens is 334 g/mol. The highest BCUT2D eigenvalue weighted by atomic mass is 35.5. The molecule has 0 amide bonds. The van der Waals surface area contributed by atoms with Crippen molar-refractivity contribution in [2.45, 2.75) is 38.6 Å². The van der Waals surface area contributed by atoms with Gasteiger partial charge in [0, 0.05) is 38.9 Å². The second kappa shape index (κ2) is 9.20. The van der Waals surface area contributed by atoms with Crippen LogP contribution in [0.2, 0.25) is 5.15 Å².